The van der Waals surface area contributed by atoms with Crippen molar-refractivity contribution in [2.45, 2.75) is 6.92 Å². The summed E-state index contributed by atoms with van der Waals surface area (Å²) < 4.78 is 7.13. The van der Waals surface area contributed by atoms with Crippen molar-refractivity contribution in [1.29, 1.82) is 0 Å². The van der Waals surface area contributed by atoms with Gasteiger partial charge in [0, 0.05) is 32.6 Å². The predicted octanol–water partition coefficient (Wildman–Crippen LogP) is 0.200. The lowest BCUT2D eigenvalue weighted by Crippen LogP contribution is -2.37. The highest BCUT2D eigenvalue weighted by molar-refractivity contribution is 5.63. The minimum absolute atomic E-state index is 0.675. The molecule has 0 aliphatic carbocycles. The third-order valence-corrected chi connectivity index (χ3v) is 2.88. The zero-order chi connectivity index (χ0) is 15.9. The summed E-state index contributed by atoms with van der Waals surface area (Å²) in [5, 5.41) is 19.4. The van der Waals surface area contributed by atoms with Gasteiger partial charge in [0.2, 0.25) is 5.95 Å². The molecule has 1 aliphatic heterocycles. The van der Waals surface area contributed by atoms with Gasteiger partial charge in [-0.3, -0.25) is 4.79 Å². The van der Waals surface area contributed by atoms with Crippen molar-refractivity contribution in [1.82, 2.24) is 25.0 Å². The molecule has 1 aliphatic rings. The first-order valence-corrected chi connectivity index (χ1v) is 6.78. The van der Waals surface area contributed by atoms with Crippen molar-refractivity contribution in [3.05, 3.63) is 18.5 Å². The third-order valence-electron chi connectivity index (χ3n) is 2.88. The molecule has 9 heteroatoms. The number of nitrogens with zero attached hydrogens (tertiary/aromatic N) is 6. The fourth-order valence-corrected chi connectivity index (χ4v) is 1.96. The van der Waals surface area contributed by atoms with E-state index in [0.29, 0.717) is 5.82 Å². The number of hydrogen-bond acceptors (Lipinski definition) is 7. The molecule has 0 aromatic carbocycles. The number of carboxylic acids is 1. The fourth-order valence-electron chi connectivity index (χ4n) is 1.96. The highest BCUT2D eigenvalue weighted by Crippen LogP contribution is 2.18. The Balaban J connectivity index is 0.000000396. The Kier molecular flexibility index (Phi) is 5.37. The second-order valence-electron chi connectivity index (χ2n) is 4.61. The highest BCUT2D eigenvalue weighted by Gasteiger charge is 2.18. The topological polar surface area (TPSA) is 106 Å². The average molecular weight is 306 g/mol. The van der Waals surface area contributed by atoms with E-state index >= 15 is 0 Å². The summed E-state index contributed by atoms with van der Waals surface area (Å²) in [4.78, 5) is 15.7. The summed E-state index contributed by atoms with van der Waals surface area (Å²) in [7, 11) is 1.90. The van der Waals surface area contributed by atoms with Crippen LogP contribution in [0.5, 0.6) is 0 Å². The number of aliphatic carboxylic acids is 1. The molecule has 0 amide bonds. The van der Waals surface area contributed by atoms with Crippen LogP contribution in [0.15, 0.2) is 18.5 Å². The van der Waals surface area contributed by atoms with E-state index in [1.165, 1.54) is 0 Å². The average Bonchev–Trinajstić information content (AvgIpc) is 2.90. The molecule has 0 saturated carbocycles. The summed E-state index contributed by atoms with van der Waals surface area (Å²) in [6, 6.07) is 1.85. The van der Waals surface area contributed by atoms with E-state index in [9.17, 15) is 0 Å². The van der Waals surface area contributed by atoms with E-state index in [2.05, 4.69) is 25.2 Å². The van der Waals surface area contributed by atoms with Gasteiger partial charge in [-0.05, 0) is 6.07 Å². The molecule has 1 saturated heterocycles. The first-order valence-electron chi connectivity index (χ1n) is 6.78. The van der Waals surface area contributed by atoms with Crippen molar-refractivity contribution < 1.29 is 14.6 Å². The first-order chi connectivity index (χ1) is 10.6. The minimum atomic E-state index is -0.833. The number of aromatic nitrogens is 5. The molecule has 0 radical (unpaired) electrons. The lowest BCUT2D eigenvalue weighted by Gasteiger charge is -2.26. The van der Waals surface area contributed by atoms with Crippen LogP contribution in [0.1, 0.15) is 6.92 Å². The van der Waals surface area contributed by atoms with Crippen LogP contribution in [0.2, 0.25) is 0 Å². The lowest BCUT2D eigenvalue weighted by atomic mass is 10.3. The molecular weight excluding hydrogens is 288 g/mol. The number of morpholine rings is 1. The molecule has 2 aromatic heterocycles. The third kappa shape index (κ3) is 4.22. The van der Waals surface area contributed by atoms with Crippen LogP contribution in [-0.4, -0.2) is 62.3 Å². The number of anilines is 1. The standard InChI is InChI=1S/C11H14N6O.C2H4O2/c1-16-11(17-4-6-18-7-5-17)14-10(15-16)9-2-3-12-13-8-9;1-2(3)4/h2-3,8H,4-7H2,1H3;1H3,(H,3,4). The van der Waals surface area contributed by atoms with Gasteiger partial charge < -0.3 is 14.7 Å². The molecular formula is C13H18N6O3. The fraction of sp³-hybridized carbons (Fsp3) is 0.462. The van der Waals surface area contributed by atoms with Gasteiger partial charge in [-0.15, -0.1) is 5.10 Å². The van der Waals surface area contributed by atoms with Crippen LogP contribution in [-0.2, 0) is 16.6 Å². The SMILES string of the molecule is CC(=O)O.Cn1nc(-c2ccnnc2)nc1N1CCOCC1. The monoisotopic (exact) mass is 306 g/mol. The molecule has 22 heavy (non-hydrogen) atoms. The van der Waals surface area contributed by atoms with Crippen LogP contribution in [0, 0.1) is 0 Å². The summed E-state index contributed by atoms with van der Waals surface area (Å²) in [5.74, 6) is 0.707. The summed E-state index contributed by atoms with van der Waals surface area (Å²) in [6.45, 7) is 4.25. The van der Waals surface area contributed by atoms with E-state index in [1.54, 1.807) is 17.1 Å². The number of carboxylic acid groups (broad SMARTS) is 1. The van der Waals surface area contributed by atoms with E-state index in [-0.39, 0.29) is 0 Å². The number of carbonyl (C=O) groups is 1. The molecule has 0 atom stereocenters. The second-order valence-corrected chi connectivity index (χ2v) is 4.61. The lowest BCUT2D eigenvalue weighted by molar-refractivity contribution is -0.134. The molecule has 118 valence electrons. The van der Waals surface area contributed by atoms with Gasteiger partial charge in [0.15, 0.2) is 5.82 Å². The molecule has 3 heterocycles. The van der Waals surface area contributed by atoms with E-state index in [4.69, 9.17) is 14.6 Å². The van der Waals surface area contributed by atoms with Gasteiger partial charge in [0.25, 0.3) is 5.97 Å². The van der Waals surface area contributed by atoms with Gasteiger partial charge >= 0.3 is 0 Å². The Bertz CT molecular complexity index is 605. The van der Waals surface area contributed by atoms with Crippen molar-refractivity contribution in [2.75, 3.05) is 31.2 Å². The van der Waals surface area contributed by atoms with Crippen LogP contribution in [0.25, 0.3) is 11.4 Å². The predicted molar refractivity (Wildman–Crippen MR) is 78.4 cm³/mol. The Morgan fingerprint density at radius 2 is 2.00 bits per heavy atom. The van der Waals surface area contributed by atoms with Crippen LogP contribution >= 0.6 is 0 Å². The van der Waals surface area contributed by atoms with Crippen LogP contribution in [0.4, 0.5) is 5.95 Å². The molecule has 0 unspecified atom stereocenters. The zero-order valence-corrected chi connectivity index (χ0v) is 12.5. The number of rotatable bonds is 2. The molecule has 1 N–H and O–H groups in total. The number of ether oxygens (including phenoxy) is 1. The van der Waals surface area contributed by atoms with Gasteiger partial charge in [-0.1, -0.05) is 0 Å². The van der Waals surface area contributed by atoms with Crippen LogP contribution in [0.3, 0.4) is 0 Å². The van der Waals surface area contributed by atoms with Crippen molar-refractivity contribution >= 4 is 11.9 Å². The molecule has 1 fully saturated rings. The molecule has 0 spiro atoms. The van der Waals surface area contributed by atoms with Gasteiger partial charge in [-0.25, -0.2) is 4.68 Å². The first kappa shape index (κ1) is 15.8. The summed E-state index contributed by atoms with van der Waals surface area (Å²) in [5.41, 5.74) is 0.875. The number of aryl methyl sites for hydroxylation is 1. The van der Waals surface area contributed by atoms with Gasteiger partial charge in [0.1, 0.15) is 0 Å². The molecule has 0 bridgehead atoms. The van der Waals surface area contributed by atoms with Gasteiger partial charge in [0.05, 0.1) is 25.6 Å². The second kappa shape index (κ2) is 7.46. The molecule has 3 rings (SSSR count). The van der Waals surface area contributed by atoms with Crippen molar-refractivity contribution in [3.63, 3.8) is 0 Å². The minimum Gasteiger partial charge on any atom is -0.481 e. The quantitative estimate of drug-likeness (QED) is 0.838. The van der Waals surface area contributed by atoms with E-state index in [1.807, 2.05) is 13.1 Å². The zero-order valence-electron chi connectivity index (χ0n) is 12.5. The van der Waals surface area contributed by atoms with Crippen molar-refractivity contribution in [2.24, 2.45) is 7.05 Å². The maximum absolute atomic E-state index is 9.00. The Hall–Kier alpha value is -2.55. The van der Waals surface area contributed by atoms with E-state index < -0.39 is 5.97 Å². The molecule has 9 nitrogen and oxygen atoms in total. The Labute approximate surface area is 127 Å². The largest absolute Gasteiger partial charge is 0.481 e. The summed E-state index contributed by atoms with van der Waals surface area (Å²) in [6.07, 6.45) is 3.30. The van der Waals surface area contributed by atoms with Gasteiger partial charge in [-0.2, -0.15) is 15.2 Å². The van der Waals surface area contributed by atoms with Crippen molar-refractivity contribution in [3.8, 4) is 11.4 Å². The highest BCUT2D eigenvalue weighted by atomic mass is 16.5. The van der Waals surface area contributed by atoms with Crippen LogP contribution < -0.4 is 4.90 Å². The van der Waals surface area contributed by atoms with E-state index in [0.717, 1.165) is 44.7 Å². The maximum Gasteiger partial charge on any atom is 0.300 e. The number of hydrogen-bond donors (Lipinski definition) is 1. The normalized spacial score (nSPS) is 14.2. The summed E-state index contributed by atoms with van der Waals surface area (Å²) >= 11 is 0. The molecule has 2 aromatic rings. The maximum atomic E-state index is 9.00. The Morgan fingerprint density at radius 1 is 1.32 bits per heavy atom. The Morgan fingerprint density at radius 3 is 2.59 bits per heavy atom. The smallest absolute Gasteiger partial charge is 0.300 e.